The third-order valence-electron chi connectivity index (χ3n) is 2.69. The first kappa shape index (κ1) is 10.5. The van der Waals surface area contributed by atoms with Gasteiger partial charge in [-0.3, -0.25) is 0 Å². The van der Waals surface area contributed by atoms with Crippen molar-refractivity contribution in [1.82, 2.24) is 15.0 Å². The van der Waals surface area contributed by atoms with Gasteiger partial charge in [0, 0.05) is 7.11 Å². The molecule has 82 valence electrons. The van der Waals surface area contributed by atoms with Crippen LogP contribution in [0.4, 0.5) is 0 Å². The van der Waals surface area contributed by atoms with Crippen LogP contribution in [0.5, 0.6) is 0 Å². The van der Waals surface area contributed by atoms with Crippen LogP contribution < -0.4 is 5.73 Å². The van der Waals surface area contributed by atoms with Crippen LogP contribution in [0, 0.1) is 5.92 Å². The van der Waals surface area contributed by atoms with E-state index in [-0.39, 0.29) is 4.99 Å². The SMILES string of the molecule is COCc1c(C(N)=S)nnn1C1CC1C. The standard InChI is InChI=1S/C9H14N4OS/c1-5-3-6(5)13-7(4-14-2)8(9(10)15)11-12-13/h5-6H,3-4H2,1-2H3,(H2,10,15). The molecule has 0 radical (unpaired) electrons. The van der Waals surface area contributed by atoms with Gasteiger partial charge >= 0.3 is 0 Å². The Bertz CT molecular complexity index is 389. The Kier molecular flexibility index (Phi) is 2.70. The van der Waals surface area contributed by atoms with Gasteiger partial charge in [-0.2, -0.15) is 0 Å². The zero-order valence-corrected chi connectivity index (χ0v) is 9.62. The Balaban J connectivity index is 2.33. The van der Waals surface area contributed by atoms with E-state index in [1.54, 1.807) is 7.11 Å². The molecule has 2 unspecified atom stereocenters. The summed E-state index contributed by atoms with van der Waals surface area (Å²) in [5, 5.41) is 8.08. The zero-order chi connectivity index (χ0) is 11.0. The summed E-state index contributed by atoms with van der Waals surface area (Å²) in [4.78, 5) is 0.279. The molecular weight excluding hydrogens is 212 g/mol. The van der Waals surface area contributed by atoms with Crippen molar-refractivity contribution in [2.24, 2.45) is 11.7 Å². The van der Waals surface area contributed by atoms with Gasteiger partial charge in [0.05, 0.1) is 18.3 Å². The number of nitrogens with zero attached hydrogens (tertiary/aromatic N) is 3. The van der Waals surface area contributed by atoms with E-state index in [0.29, 0.717) is 24.3 Å². The van der Waals surface area contributed by atoms with Gasteiger partial charge in [0.2, 0.25) is 0 Å². The molecular formula is C9H14N4OS. The van der Waals surface area contributed by atoms with Gasteiger partial charge in [-0.05, 0) is 12.3 Å². The fourth-order valence-electron chi connectivity index (χ4n) is 1.69. The average molecular weight is 226 g/mol. The number of hydrogen-bond donors (Lipinski definition) is 1. The molecule has 5 nitrogen and oxygen atoms in total. The second-order valence-corrected chi connectivity index (χ2v) is 4.35. The number of thiocarbonyl (C=S) groups is 1. The van der Waals surface area contributed by atoms with Crippen LogP contribution in [0.3, 0.4) is 0 Å². The summed E-state index contributed by atoms with van der Waals surface area (Å²) >= 11 is 4.92. The summed E-state index contributed by atoms with van der Waals surface area (Å²) in [6.45, 7) is 2.63. The minimum atomic E-state index is 0.279. The summed E-state index contributed by atoms with van der Waals surface area (Å²) < 4.78 is 7.01. The Hall–Kier alpha value is -1.01. The van der Waals surface area contributed by atoms with E-state index in [9.17, 15) is 0 Å². The monoisotopic (exact) mass is 226 g/mol. The van der Waals surface area contributed by atoms with Gasteiger partial charge in [0.1, 0.15) is 10.7 Å². The quantitative estimate of drug-likeness (QED) is 0.763. The van der Waals surface area contributed by atoms with Gasteiger partial charge in [0.25, 0.3) is 0 Å². The lowest BCUT2D eigenvalue weighted by atomic mass is 10.3. The summed E-state index contributed by atoms with van der Waals surface area (Å²) in [5.41, 5.74) is 7.05. The van der Waals surface area contributed by atoms with Crippen LogP contribution >= 0.6 is 12.2 Å². The Morgan fingerprint density at radius 3 is 2.87 bits per heavy atom. The number of hydrogen-bond acceptors (Lipinski definition) is 4. The number of aromatic nitrogens is 3. The molecule has 1 aromatic rings. The Labute approximate surface area is 93.6 Å². The zero-order valence-electron chi connectivity index (χ0n) is 8.80. The van der Waals surface area contributed by atoms with Crippen molar-refractivity contribution in [2.45, 2.75) is 26.0 Å². The Morgan fingerprint density at radius 1 is 1.73 bits per heavy atom. The third-order valence-corrected chi connectivity index (χ3v) is 2.88. The van der Waals surface area contributed by atoms with Crippen molar-refractivity contribution in [3.63, 3.8) is 0 Å². The van der Waals surface area contributed by atoms with Gasteiger partial charge in [-0.1, -0.05) is 24.4 Å². The van der Waals surface area contributed by atoms with Gasteiger partial charge in [-0.25, -0.2) is 4.68 Å². The fraction of sp³-hybridized carbons (Fsp3) is 0.667. The maximum atomic E-state index is 5.57. The van der Waals surface area contributed by atoms with E-state index in [4.69, 9.17) is 22.7 Å². The molecule has 15 heavy (non-hydrogen) atoms. The molecule has 1 heterocycles. The molecule has 1 aromatic heterocycles. The number of methoxy groups -OCH3 is 1. The molecule has 1 aliphatic carbocycles. The highest BCUT2D eigenvalue weighted by atomic mass is 32.1. The molecule has 0 bridgehead atoms. The fourth-order valence-corrected chi connectivity index (χ4v) is 1.84. The van der Waals surface area contributed by atoms with Gasteiger partial charge in [0.15, 0.2) is 0 Å². The molecule has 0 saturated heterocycles. The van der Waals surface area contributed by atoms with E-state index in [1.165, 1.54) is 0 Å². The van der Waals surface area contributed by atoms with Crippen molar-refractivity contribution < 1.29 is 4.74 Å². The first-order valence-corrected chi connectivity index (χ1v) is 5.28. The third kappa shape index (κ3) is 1.87. The van der Waals surface area contributed by atoms with Crippen LogP contribution in [0.2, 0.25) is 0 Å². The normalized spacial score (nSPS) is 24.1. The highest BCUT2D eigenvalue weighted by Crippen LogP contribution is 2.42. The molecule has 2 atom stereocenters. The molecule has 0 aliphatic heterocycles. The van der Waals surface area contributed by atoms with Crippen LogP contribution in [0.15, 0.2) is 0 Å². The maximum absolute atomic E-state index is 5.57. The Morgan fingerprint density at radius 2 is 2.40 bits per heavy atom. The molecule has 0 aromatic carbocycles. The van der Waals surface area contributed by atoms with E-state index in [1.807, 2.05) is 4.68 Å². The topological polar surface area (TPSA) is 66.0 Å². The first-order valence-electron chi connectivity index (χ1n) is 4.88. The highest BCUT2D eigenvalue weighted by Gasteiger charge is 2.37. The summed E-state index contributed by atoms with van der Waals surface area (Å²) in [6.07, 6.45) is 1.14. The van der Waals surface area contributed by atoms with Crippen LogP contribution in [0.25, 0.3) is 0 Å². The predicted octanol–water partition coefficient (Wildman–Crippen LogP) is 0.640. The second kappa shape index (κ2) is 3.86. The summed E-state index contributed by atoms with van der Waals surface area (Å²) in [5.74, 6) is 0.654. The van der Waals surface area contributed by atoms with E-state index in [2.05, 4.69) is 17.2 Å². The second-order valence-electron chi connectivity index (χ2n) is 3.91. The van der Waals surface area contributed by atoms with Crippen molar-refractivity contribution in [1.29, 1.82) is 0 Å². The molecule has 2 rings (SSSR count). The molecule has 1 aliphatic rings. The highest BCUT2D eigenvalue weighted by molar-refractivity contribution is 7.80. The number of ether oxygens (including phenoxy) is 1. The molecule has 6 heteroatoms. The maximum Gasteiger partial charge on any atom is 0.145 e. The summed E-state index contributed by atoms with van der Waals surface area (Å²) in [6, 6.07) is 0.436. The van der Waals surface area contributed by atoms with E-state index >= 15 is 0 Å². The molecule has 1 saturated carbocycles. The van der Waals surface area contributed by atoms with E-state index < -0.39 is 0 Å². The smallest absolute Gasteiger partial charge is 0.145 e. The molecule has 1 fully saturated rings. The number of nitrogens with two attached hydrogens (primary N) is 1. The lowest BCUT2D eigenvalue weighted by Crippen LogP contribution is -2.14. The van der Waals surface area contributed by atoms with Crippen molar-refractivity contribution in [2.75, 3.05) is 7.11 Å². The van der Waals surface area contributed by atoms with Gasteiger partial charge in [-0.15, -0.1) is 5.10 Å². The predicted molar refractivity (Wildman–Crippen MR) is 59.4 cm³/mol. The van der Waals surface area contributed by atoms with Crippen molar-refractivity contribution in [3.05, 3.63) is 11.4 Å². The van der Waals surface area contributed by atoms with Crippen molar-refractivity contribution >= 4 is 17.2 Å². The van der Waals surface area contributed by atoms with Crippen molar-refractivity contribution in [3.8, 4) is 0 Å². The van der Waals surface area contributed by atoms with Crippen LogP contribution in [-0.2, 0) is 11.3 Å². The first-order chi connectivity index (χ1) is 7.15. The molecule has 0 amide bonds. The lowest BCUT2D eigenvalue weighted by molar-refractivity contribution is 0.176. The summed E-state index contributed by atoms with van der Waals surface area (Å²) in [7, 11) is 1.64. The minimum absolute atomic E-state index is 0.279. The largest absolute Gasteiger partial charge is 0.388 e. The average Bonchev–Trinajstić information content (AvgIpc) is 2.76. The van der Waals surface area contributed by atoms with Crippen LogP contribution in [0.1, 0.15) is 30.8 Å². The van der Waals surface area contributed by atoms with Crippen LogP contribution in [-0.4, -0.2) is 27.1 Å². The minimum Gasteiger partial charge on any atom is -0.388 e. The van der Waals surface area contributed by atoms with E-state index in [0.717, 1.165) is 12.1 Å². The molecule has 0 spiro atoms. The lowest BCUT2D eigenvalue weighted by Gasteiger charge is -2.05. The number of rotatable bonds is 4. The molecule has 2 N–H and O–H groups in total. The van der Waals surface area contributed by atoms with Gasteiger partial charge < -0.3 is 10.5 Å².